The number of urea groups is 1. The molecule has 7 nitrogen and oxygen atoms in total. The van der Waals surface area contributed by atoms with Crippen LogP contribution in [-0.2, 0) is 16.9 Å². The molecule has 0 bridgehead atoms. The summed E-state index contributed by atoms with van der Waals surface area (Å²) in [7, 11) is -1.21. The molecule has 0 radical (unpaired) electrons. The molecule has 2 amide bonds. The second-order valence-corrected chi connectivity index (χ2v) is 8.63. The fraction of sp³-hybridized carbons (Fsp3) is 0.733. The standard InChI is InChI=1S/C15H26N4O3S/c1-6-13(14-10(2)17-18(4)11(14)3)16-15(20)19-8-7-12(9-19)23(5,21)22/h12-13H,6-9H2,1-5H3,(H,16,20). The van der Waals surface area contributed by atoms with E-state index in [1.807, 2.05) is 32.5 Å². The first-order valence-electron chi connectivity index (χ1n) is 7.89. The molecule has 0 aliphatic carbocycles. The van der Waals surface area contributed by atoms with Crippen LogP contribution in [0.1, 0.15) is 42.8 Å². The molecule has 1 aromatic rings. The van der Waals surface area contributed by atoms with Crippen molar-refractivity contribution < 1.29 is 13.2 Å². The van der Waals surface area contributed by atoms with E-state index in [9.17, 15) is 13.2 Å². The van der Waals surface area contributed by atoms with Gasteiger partial charge in [0.1, 0.15) is 0 Å². The number of aromatic nitrogens is 2. The molecule has 8 heteroatoms. The zero-order chi connectivity index (χ0) is 17.4. The van der Waals surface area contributed by atoms with Gasteiger partial charge in [0.2, 0.25) is 0 Å². The summed E-state index contributed by atoms with van der Waals surface area (Å²) in [5, 5.41) is 6.98. The van der Waals surface area contributed by atoms with Gasteiger partial charge in [-0.1, -0.05) is 6.92 Å². The molecule has 2 rings (SSSR count). The number of aryl methyl sites for hydroxylation is 2. The van der Waals surface area contributed by atoms with E-state index in [2.05, 4.69) is 10.4 Å². The lowest BCUT2D eigenvalue weighted by Gasteiger charge is -2.23. The van der Waals surface area contributed by atoms with Gasteiger partial charge in [-0.3, -0.25) is 4.68 Å². The SMILES string of the molecule is CCC(NC(=O)N1CCC(S(C)(=O)=O)C1)c1c(C)nn(C)c1C. The van der Waals surface area contributed by atoms with Crippen molar-refractivity contribution in [2.24, 2.45) is 7.05 Å². The molecular weight excluding hydrogens is 316 g/mol. The second kappa shape index (κ2) is 6.51. The quantitative estimate of drug-likeness (QED) is 0.894. The third-order valence-electron chi connectivity index (χ3n) is 4.66. The van der Waals surface area contributed by atoms with E-state index in [-0.39, 0.29) is 18.6 Å². The van der Waals surface area contributed by atoms with Crippen LogP contribution < -0.4 is 5.32 Å². The van der Waals surface area contributed by atoms with Crippen LogP contribution in [0.2, 0.25) is 0 Å². The molecule has 1 aliphatic rings. The number of hydrogen-bond donors (Lipinski definition) is 1. The lowest BCUT2D eigenvalue weighted by atomic mass is 10.0. The molecule has 2 unspecified atom stereocenters. The number of nitrogens with one attached hydrogen (secondary N) is 1. The normalized spacial score (nSPS) is 19.9. The van der Waals surface area contributed by atoms with E-state index in [4.69, 9.17) is 0 Å². The van der Waals surface area contributed by atoms with E-state index in [1.165, 1.54) is 6.26 Å². The smallest absolute Gasteiger partial charge is 0.317 e. The Morgan fingerprint density at radius 1 is 1.43 bits per heavy atom. The molecule has 0 saturated carbocycles. The van der Waals surface area contributed by atoms with Crippen molar-refractivity contribution in [1.82, 2.24) is 20.0 Å². The first-order chi connectivity index (χ1) is 10.6. The minimum Gasteiger partial charge on any atom is -0.331 e. The fourth-order valence-electron chi connectivity index (χ4n) is 3.18. The number of rotatable bonds is 4. The Morgan fingerprint density at radius 2 is 2.09 bits per heavy atom. The molecule has 1 fully saturated rings. The summed E-state index contributed by atoms with van der Waals surface area (Å²) in [6, 6.07) is -0.320. The fourth-order valence-corrected chi connectivity index (χ4v) is 4.16. The average Bonchev–Trinajstić information content (AvgIpc) is 3.03. The third-order valence-corrected chi connectivity index (χ3v) is 6.25. The zero-order valence-corrected chi connectivity index (χ0v) is 15.3. The summed E-state index contributed by atoms with van der Waals surface area (Å²) in [5.41, 5.74) is 2.99. The molecule has 1 saturated heterocycles. The van der Waals surface area contributed by atoms with Gasteiger partial charge in [-0.15, -0.1) is 0 Å². The third kappa shape index (κ3) is 3.68. The van der Waals surface area contributed by atoms with Gasteiger partial charge in [0.25, 0.3) is 0 Å². The van der Waals surface area contributed by atoms with Gasteiger partial charge in [-0.25, -0.2) is 13.2 Å². The van der Waals surface area contributed by atoms with E-state index in [0.717, 1.165) is 23.4 Å². The molecule has 2 heterocycles. The number of sulfone groups is 1. The Hall–Kier alpha value is -1.57. The maximum atomic E-state index is 12.5. The highest BCUT2D eigenvalue weighted by Crippen LogP contribution is 2.24. The van der Waals surface area contributed by atoms with Crippen molar-refractivity contribution in [2.75, 3.05) is 19.3 Å². The Kier molecular flexibility index (Phi) is 5.03. The van der Waals surface area contributed by atoms with Crippen molar-refractivity contribution in [2.45, 2.75) is 44.9 Å². The van der Waals surface area contributed by atoms with Crippen molar-refractivity contribution >= 4 is 15.9 Å². The van der Waals surface area contributed by atoms with Gasteiger partial charge in [0.15, 0.2) is 9.84 Å². The van der Waals surface area contributed by atoms with Gasteiger partial charge in [0.05, 0.1) is 17.0 Å². The zero-order valence-electron chi connectivity index (χ0n) is 14.5. The van der Waals surface area contributed by atoms with Gasteiger partial charge in [-0.05, 0) is 26.7 Å². The summed E-state index contributed by atoms with van der Waals surface area (Å²) in [4.78, 5) is 14.1. The topological polar surface area (TPSA) is 84.3 Å². The Morgan fingerprint density at radius 3 is 2.52 bits per heavy atom. The van der Waals surface area contributed by atoms with E-state index in [0.29, 0.717) is 13.0 Å². The number of carbonyl (C=O) groups excluding carboxylic acids is 1. The van der Waals surface area contributed by atoms with Crippen LogP contribution in [0.3, 0.4) is 0 Å². The van der Waals surface area contributed by atoms with Crippen LogP contribution in [0.5, 0.6) is 0 Å². The number of amides is 2. The molecular formula is C15H26N4O3S. The highest BCUT2D eigenvalue weighted by Gasteiger charge is 2.33. The Balaban J connectivity index is 2.09. The van der Waals surface area contributed by atoms with Gasteiger partial charge >= 0.3 is 6.03 Å². The average molecular weight is 342 g/mol. The molecule has 2 atom stereocenters. The predicted molar refractivity (Wildman–Crippen MR) is 89.1 cm³/mol. The molecule has 130 valence electrons. The summed E-state index contributed by atoms with van der Waals surface area (Å²) >= 11 is 0. The lowest BCUT2D eigenvalue weighted by Crippen LogP contribution is -2.41. The number of nitrogens with zero attached hydrogens (tertiary/aromatic N) is 3. The minimum absolute atomic E-state index is 0.117. The van der Waals surface area contributed by atoms with E-state index in [1.54, 1.807) is 4.90 Å². The molecule has 1 aromatic heterocycles. The van der Waals surface area contributed by atoms with Gasteiger partial charge < -0.3 is 10.2 Å². The first kappa shape index (κ1) is 17.8. The largest absolute Gasteiger partial charge is 0.331 e. The maximum Gasteiger partial charge on any atom is 0.317 e. The highest BCUT2D eigenvalue weighted by atomic mass is 32.2. The lowest BCUT2D eigenvalue weighted by molar-refractivity contribution is 0.204. The predicted octanol–water partition coefficient (Wildman–Crippen LogP) is 1.32. The first-order valence-corrected chi connectivity index (χ1v) is 9.85. The Labute approximate surface area is 138 Å². The Bertz CT molecular complexity index is 696. The van der Waals surface area contributed by atoms with Crippen LogP contribution in [0.25, 0.3) is 0 Å². The molecule has 0 spiro atoms. The molecule has 23 heavy (non-hydrogen) atoms. The van der Waals surface area contributed by atoms with Crippen LogP contribution in [0.4, 0.5) is 4.79 Å². The van der Waals surface area contributed by atoms with Gasteiger partial charge in [0, 0.05) is 37.7 Å². The van der Waals surface area contributed by atoms with Crippen molar-refractivity contribution in [3.05, 3.63) is 17.0 Å². The van der Waals surface area contributed by atoms with Crippen LogP contribution in [-0.4, -0.2) is 53.7 Å². The molecule has 0 aromatic carbocycles. The van der Waals surface area contributed by atoms with Gasteiger partial charge in [-0.2, -0.15) is 5.10 Å². The van der Waals surface area contributed by atoms with E-state index >= 15 is 0 Å². The summed E-state index contributed by atoms with van der Waals surface area (Å²) in [6.07, 6.45) is 2.49. The van der Waals surface area contributed by atoms with Crippen molar-refractivity contribution in [1.29, 1.82) is 0 Å². The number of hydrogen-bond acceptors (Lipinski definition) is 4. The van der Waals surface area contributed by atoms with Crippen LogP contribution >= 0.6 is 0 Å². The van der Waals surface area contributed by atoms with Crippen LogP contribution in [0.15, 0.2) is 0 Å². The van der Waals surface area contributed by atoms with Crippen LogP contribution in [0, 0.1) is 13.8 Å². The summed E-state index contributed by atoms with van der Waals surface area (Å²) in [6.45, 7) is 6.68. The monoisotopic (exact) mass is 342 g/mol. The summed E-state index contributed by atoms with van der Waals surface area (Å²) < 4.78 is 25.1. The second-order valence-electron chi connectivity index (χ2n) is 6.30. The maximum absolute atomic E-state index is 12.5. The number of carbonyl (C=O) groups is 1. The number of likely N-dealkylation sites (tertiary alicyclic amines) is 1. The van der Waals surface area contributed by atoms with Crippen molar-refractivity contribution in [3.8, 4) is 0 Å². The summed E-state index contributed by atoms with van der Waals surface area (Å²) in [5.74, 6) is 0. The van der Waals surface area contributed by atoms with E-state index < -0.39 is 15.1 Å². The highest BCUT2D eigenvalue weighted by molar-refractivity contribution is 7.91. The minimum atomic E-state index is -3.10. The molecule has 1 aliphatic heterocycles. The molecule has 1 N–H and O–H groups in total. The van der Waals surface area contributed by atoms with Crippen molar-refractivity contribution in [3.63, 3.8) is 0 Å².